The molecule has 2 aromatic rings. The Morgan fingerprint density at radius 2 is 1.83 bits per heavy atom. The molecule has 124 valence electrons. The number of piperidine rings is 1. The number of anilines is 1. The zero-order valence-electron chi connectivity index (χ0n) is 13.6. The van der Waals surface area contributed by atoms with Crippen LogP contribution in [0.1, 0.15) is 29.8 Å². The highest BCUT2D eigenvalue weighted by atomic mass is 16.2. The van der Waals surface area contributed by atoms with Crippen molar-refractivity contribution in [2.24, 2.45) is 5.41 Å². The standard InChI is InChI=1S/C18H21N5O/c24-17(15-13-19-8-9-20-15)23-12-6-18(14-23)4-10-22(11-5-18)16-3-1-2-7-21-16/h1-3,7-9,13H,4-6,10-12,14H2. The van der Waals surface area contributed by atoms with Crippen LogP contribution in [0.25, 0.3) is 0 Å². The van der Waals surface area contributed by atoms with Crippen molar-refractivity contribution in [2.45, 2.75) is 19.3 Å². The predicted octanol–water partition coefficient (Wildman–Crippen LogP) is 2.00. The molecule has 0 atom stereocenters. The fraction of sp³-hybridized carbons (Fsp3) is 0.444. The van der Waals surface area contributed by atoms with Gasteiger partial charge < -0.3 is 9.80 Å². The van der Waals surface area contributed by atoms with Crippen molar-refractivity contribution in [1.82, 2.24) is 19.9 Å². The molecule has 0 saturated carbocycles. The minimum absolute atomic E-state index is 0.00660. The smallest absolute Gasteiger partial charge is 0.274 e. The number of carbonyl (C=O) groups excluding carboxylic acids is 1. The van der Waals surface area contributed by atoms with Crippen LogP contribution < -0.4 is 4.90 Å². The summed E-state index contributed by atoms with van der Waals surface area (Å²) in [4.78, 5) is 29.4. The lowest BCUT2D eigenvalue weighted by Gasteiger charge is -2.39. The largest absolute Gasteiger partial charge is 0.357 e. The minimum Gasteiger partial charge on any atom is -0.357 e. The Hall–Kier alpha value is -2.50. The van der Waals surface area contributed by atoms with Gasteiger partial charge in [0.15, 0.2) is 0 Å². The van der Waals surface area contributed by atoms with Crippen LogP contribution in [-0.2, 0) is 0 Å². The summed E-state index contributed by atoms with van der Waals surface area (Å²) in [5, 5.41) is 0. The van der Waals surface area contributed by atoms with Crippen molar-refractivity contribution in [3.05, 3.63) is 48.7 Å². The molecule has 0 unspecified atom stereocenters. The maximum absolute atomic E-state index is 12.6. The molecular formula is C18H21N5O. The molecule has 4 heterocycles. The molecule has 0 aliphatic carbocycles. The molecular weight excluding hydrogens is 302 g/mol. The van der Waals surface area contributed by atoms with Gasteiger partial charge in [-0.15, -0.1) is 0 Å². The molecule has 0 bridgehead atoms. The van der Waals surface area contributed by atoms with Crippen LogP contribution in [0.5, 0.6) is 0 Å². The van der Waals surface area contributed by atoms with Crippen LogP contribution in [-0.4, -0.2) is 51.9 Å². The van der Waals surface area contributed by atoms with Gasteiger partial charge in [0.1, 0.15) is 11.5 Å². The van der Waals surface area contributed by atoms with E-state index in [1.54, 1.807) is 18.6 Å². The van der Waals surface area contributed by atoms with E-state index in [1.807, 2.05) is 23.2 Å². The van der Waals surface area contributed by atoms with Gasteiger partial charge in [-0.1, -0.05) is 6.07 Å². The predicted molar refractivity (Wildman–Crippen MR) is 90.7 cm³/mol. The number of nitrogens with zero attached hydrogens (tertiary/aromatic N) is 5. The van der Waals surface area contributed by atoms with E-state index in [4.69, 9.17) is 0 Å². The molecule has 2 fully saturated rings. The Kier molecular flexibility index (Phi) is 3.88. The number of aromatic nitrogens is 3. The first-order chi connectivity index (χ1) is 11.8. The second kappa shape index (κ2) is 6.19. The normalized spacial score (nSPS) is 19.7. The van der Waals surface area contributed by atoms with Crippen LogP contribution in [0.3, 0.4) is 0 Å². The van der Waals surface area contributed by atoms with E-state index in [2.05, 4.69) is 25.9 Å². The van der Waals surface area contributed by atoms with Crippen molar-refractivity contribution >= 4 is 11.7 Å². The van der Waals surface area contributed by atoms with Crippen molar-refractivity contribution in [3.63, 3.8) is 0 Å². The molecule has 2 aliphatic rings. The quantitative estimate of drug-likeness (QED) is 0.846. The third-order valence-corrected chi connectivity index (χ3v) is 5.31. The molecule has 6 heteroatoms. The van der Waals surface area contributed by atoms with Gasteiger partial charge in [0.25, 0.3) is 5.91 Å². The molecule has 2 aromatic heterocycles. The number of hydrogen-bond acceptors (Lipinski definition) is 5. The van der Waals surface area contributed by atoms with Gasteiger partial charge in [-0.25, -0.2) is 9.97 Å². The lowest BCUT2D eigenvalue weighted by atomic mass is 9.78. The average Bonchev–Trinajstić information content (AvgIpc) is 3.07. The second-order valence-electron chi connectivity index (χ2n) is 6.74. The van der Waals surface area contributed by atoms with E-state index >= 15 is 0 Å². The third kappa shape index (κ3) is 2.84. The molecule has 2 aliphatic heterocycles. The number of carbonyl (C=O) groups is 1. The van der Waals surface area contributed by atoms with Gasteiger partial charge in [-0.05, 0) is 36.8 Å². The van der Waals surface area contributed by atoms with E-state index in [0.29, 0.717) is 5.69 Å². The van der Waals surface area contributed by atoms with Crippen LogP contribution in [0.2, 0.25) is 0 Å². The first-order valence-electron chi connectivity index (χ1n) is 8.47. The van der Waals surface area contributed by atoms with Gasteiger partial charge in [0, 0.05) is 44.8 Å². The van der Waals surface area contributed by atoms with Crippen LogP contribution >= 0.6 is 0 Å². The van der Waals surface area contributed by atoms with Crippen molar-refractivity contribution < 1.29 is 4.79 Å². The zero-order chi connectivity index (χ0) is 16.4. The molecule has 2 saturated heterocycles. The molecule has 0 N–H and O–H groups in total. The minimum atomic E-state index is 0.00660. The highest BCUT2D eigenvalue weighted by molar-refractivity contribution is 5.92. The van der Waals surface area contributed by atoms with E-state index in [1.165, 1.54) is 0 Å². The Morgan fingerprint density at radius 1 is 1.00 bits per heavy atom. The summed E-state index contributed by atoms with van der Waals surface area (Å²) >= 11 is 0. The molecule has 24 heavy (non-hydrogen) atoms. The fourth-order valence-electron chi connectivity index (χ4n) is 3.84. The molecule has 0 radical (unpaired) electrons. The highest BCUT2D eigenvalue weighted by Gasteiger charge is 2.42. The third-order valence-electron chi connectivity index (χ3n) is 5.31. The summed E-state index contributed by atoms with van der Waals surface area (Å²) < 4.78 is 0. The molecule has 0 aromatic carbocycles. The van der Waals surface area contributed by atoms with Gasteiger partial charge in [-0.3, -0.25) is 9.78 Å². The Bertz CT molecular complexity index is 698. The summed E-state index contributed by atoms with van der Waals surface area (Å²) in [6.45, 7) is 3.66. The Labute approximate surface area is 141 Å². The SMILES string of the molecule is O=C(c1cnccn1)N1CCC2(CCN(c3ccccn3)CC2)C1. The van der Waals surface area contributed by atoms with Crippen LogP contribution in [0, 0.1) is 5.41 Å². The van der Waals surface area contributed by atoms with Crippen LogP contribution in [0.4, 0.5) is 5.82 Å². The average molecular weight is 323 g/mol. The molecule has 1 amide bonds. The number of amides is 1. The van der Waals surface area contributed by atoms with Gasteiger partial charge in [0.05, 0.1) is 6.20 Å². The zero-order valence-corrected chi connectivity index (χ0v) is 13.6. The lowest BCUT2D eigenvalue weighted by molar-refractivity contribution is 0.0758. The monoisotopic (exact) mass is 323 g/mol. The lowest BCUT2D eigenvalue weighted by Crippen LogP contribution is -2.42. The van der Waals surface area contributed by atoms with Crippen molar-refractivity contribution in [3.8, 4) is 0 Å². The van der Waals surface area contributed by atoms with Crippen LogP contribution in [0.15, 0.2) is 43.0 Å². The van der Waals surface area contributed by atoms with Crippen molar-refractivity contribution in [2.75, 3.05) is 31.1 Å². The van der Waals surface area contributed by atoms with Crippen molar-refractivity contribution in [1.29, 1.82) is 0 Å². The summed E-state index contributed by atoms with van der Waals surface area (Å²) in [5.41, 5.74) is 0.698. The number of likely N-dealkylation sites (tertiary alicyclic amines) is 1. The maximum atomic E-state index is 12.6. The van der Waals surface area contributed by atoms with E-state index < -0.39 is 0 Å². The first kappa shape index (κ1) is 15.1. The second-order valence-corrected chi connectivity index (χ2v) is 6.74. The van der Waals surface area contributed by atoms with E-state index in [9.17, 15) is 4.79 Å². The summed E-state index contributed by atoms with van der Waals surface area (Å²) in [6, 6.07) is 6.04. The number of rotatable bonds is 2. The van der Waals surface area contributed by atoms with E-state index in [0.717, 1.165) is 51.3 Å². The summed E-state index contributed by atoms with van der Waals surface area (Å²) in [5.74, 6) is 1.06. The maximum Gasteiger partial charge on any atom is 0.274 e. The topological polar surface area (TPSA) is 62.2 Å². The fourth-order valence-corrected chi connectivity index (χ4v) is 3.84. The van der Waals surface area contributed by atoms with Gasteiger partial charge in [0.2, 0.25) is 0 Å². The highest BCUT2D eigenvalue weighted by Crippen LogP contribution is 2.41. The van der Waals surface area contributed by atoms with Gasteiger partial charge in [-0.2, -0.15) is 0 Å². The summed E-state index contributed by atoms with van der Waals surface area (Å²) in [7, 11) is 0. The Morgan fingerprint density at radius 3 is 2.54 bits per heavy atom. The number of pyridine rings is 1. The van der Waals surface area contributed by atoms with E-state index in [-0.39, 0.29) is 11.3 Å². The first-order valence-corrected chi connectivity index (χ1v) is 8.47. The number of hydrogen-bond donors (Lipinski definition) is 0. The molecule has 1 spiro atoms. The molecule has 4 rings (SSSR count). The molecule has 6 nitrogen and oxygen atoms in total. The summed E-state index contributed by atoms with van der Waals surface area (Å²) in [6.07, 6.45) is 9.85. The Balaban J connectivity index is 1.40. The van der Waals surface area contributed by atoms with Gasteiger partial charge >= 0.3 is 0 Å².